The van der Waals surface area contributed by atoms with Gasteiger partial charge >= 0.3 is 0 Å². The molecule has 0 bridgehead atoms. The van der Waals surface area contributed by atoms with Gasteiger partial charge in [0.25, 0.3) is 5.91 Å². The van der Waals surface area contributed by atoms with Gasteiger partial charge in [0.1, 0.15) is 12.1 Å². The monoisotopic (exact) mass is 394 g/mol. The van der Waals surface area contributed by atoms with Gasteiger partial charge in [0.2, 0.25) is 0 Å². The van der Waals surface area contributed by atoms with Gasteiger partial charge in [0, 0.05) is 25.1 Å². The fraction of sp³-hybridized carbons (Fsp3) is 0.409. The maximum absolute atomic E-state index is 13.1. The van der Waals surface area contributed by atoms with Gasteiger partial charge in [-0.05, 0) is 51.3 Å². The Morgan fingerprint density at radius 1 is 1.24 bits per heavy atom. The topological polar surface area (TPSA) is 78.3 Å². The van der Waals surface area contributed by atoms with Crippen LogP contribution in [0.3, 0.4) is 0 Å². The van der Waals surface area contributed by atoms with Gasteiger partial charge in [-0.3, -0.25) is 9.36 Å². The van der Waals surface area contributed by atoms with Crippen LogP contribution >= 0.6 is 0 Å². The molecule has 2 aromatic heterocycles. The lowest BCUT2D eigenvalue weighted by Gasteiger charge is -2.26. The Balaban J connectivity index is 1.78. The summed E-state index contributed by atoms with van der Waals surface area (Å²) in [5.74, 6) is 0.273. The zero-order valence-corrected chi connectivity index (χ0v) is 17.3. The molecule has 1 aromatic carbocycles. The number of fused-ring (bicyclic) bond motifs is 1. The molecule has 1 amide bonds. The fourth-order valence-electron chi connectivity index (χ4n) is 4.01. The molecule has 29 heavy (non-hydrogen) atoms. The SMILES string of the molecule is COCC1(C(=O)Nc2ncnc3c2c(C)c(C)n3-c2ccc(C)cc2)CCCO1. The van der Waals surface area contributed by atoms with Crippen molar-refractivity contribution < 1.29 is 14.3 Å². The Morgan fingerprint density at radius 2 is 2.00 bits per heavy atom. The third kappa shape index (κ3) is 3.30. The van der Waals surface area contributed by atoms with Crippen molar-refractivity contribution in [3.63, 3.8) is 0 Å². The van der Waals surface area contributed by atoms with Crippen molar-refractivity contribution in [2.24, 2.45) is 0 Å². The fourth-order valence-corrected chi connectivity index (χ4v) is 4.01. The molecule has 1 N–H and O–H groups in total. The molecule has 1 aliphatic rings. The summed E-state index contributed by atoms with van der Waals surface area (Å²) < 4.78 is 13.1. The molecule has 3 aromatic rings. The van der Waals surface area contributed by atoms with E-state index >= 15 is 0 Å². The van der Waals surface area contributed by atoms with Crippen LogP contribution in [-0.4, -0.2) is 46.4 Å². The highest BCUT2D eigenvalue weighted by Gasteiger charge is 2.43. The van der Waals surface area contributed by atoms with Crippen LogP contribution < -0.4 is 5.32 Å². The first-order valence-corrected chi connectivity index (χ1v) is 9.81. The minimum Gasteiger partial charge on any atom is -0.381 e. The van der Waals surface area contributed by atoms with E-state index in [1.54, 1.807) is 7.11 Å². The van der Waals surface area contributed by atoms with Crippen LogP contribution in [0.15, 0.2) is 30.6 Å². The summed E-state index contributed by atoms with van der Waals surface area (Å²) in [6.45, 7) is 6.91. The van der Waals surface area contributed by atoms with E-state index in [2.05, 4.69) is 58.0 Å². The van der Waals surface area contributed by atoms with Crippen molar-refractivity contribution in [2.75, 3.05) is 25.6 Å². The number of rotatable bonds is 5. The summed E-state index contributed by atoms with van der Waals surface area (Å²) >= 11 is 0. The maximum Gasteiger partial charge on any atom is 0.260 e. The molecule has 1 saturated heterocycles. The van der Waals surface area contributed by atoms with E-state index in [0.29, 0.717) is 18.8 Å². The smallest absolute Gasteiger partial charge is 0.260 e. The number of methoxy groups -OCH3 is 1. The minimum atomic E-state index is -0.964. The molecule has 1 atom stereocenters. The summed E-state index contributed by atoms with van der Waals surface area (Å²) in [6, 6.07) is 8.29. The van der Waals surface area contributed by atoms with Gasteiger partial charge in [0.15, 0.2) is 11.2 Å². The third-order valence-corrected chi connectivity index (χ3v) is 5.71. The second kappa shape index (κ2) is 7.57. The highest BCUT2D eigenvalue weighted by atomic mass is 16.5. The van der Waals surface area contributed by atoms with E-state index in [-0.39, 0.29) is 12.5 Å². The molecule has 4 rings (SSSR count). The standard InChI is InChI=1S/C22H26N4O3/c1-14-6-8-17(9-7-14)26-16(3)15(2)18-19(23-13-24-20(18)26)25-21(27)22(12-28-4)10-5-11-29-22/h6-9,13H,5,10-12H2,1-4H3,(H,23,24,25,27). The lowest BCUT2D eigenvalue weighted by molar-refractivity contribution is -0.141. The van der Waals surface area contributed by atoms with Gasteiger partial charge in [-0.2, -0.15) is 0 Å². The molecule has 7 nitrogen and oxygen atoms in total. The largest absolute Gasteiger partial charge is 0.381 e. The van der Waals surface area contributed by atoms with Gasteiger partial charge in [-0.15, -0.1) is 0 Å². The van der Waals surface area contributed by atoms with E-state index < -0.39 is 5.60 Å². The number of aryl methyl sites for hydroxylation is 2. The molecule has 0 saturated carbocycles. The van der Waals surface area contributed by atoms with E-state index in [4.69, 9.17) is 9.47 Å². The molecular weight excluding hydrogens is 368 g/mol. The summed E-state index contributed by atoms with van der Waals surface area (Å²) in [6.07, 6.45) is 2.95. The number of ether oxygens (including phenoxy) is 2. The molecule has 1 fully saturated rings. The number of benzene rings is 1. The number of aromatic nitrogens is 3. The summed E-state index contributed by atoms with van der Waals surface area (Å²) in [7, 11) is 1.58. The predicted octanol–water partition coefficient (Wildman–Crippen LogP) is 3.48. The molecular formula is C22H26N4O3. The van der Waals surface area contributed by atoms with Crippen LogP contribution in [0.5, 0.6) is 0 Å². The van der Waals surface area contributed by atoms with Crippen LogP contribution in [0.25, 0.3) is 16.7 Å². The number of nitrogens with one attached hydrogen (secondary N) is 1. The van der Waals surface area contributed by atoms with Gasteiger partial charge in [-0.1, -0.05) is 17.7 Å². The number of carbonyl (C=O) groups is 1. The Hall–Kier alpha value is -2.77. The van der Waals surface area contributed by atoms with Crippen molar-refractivity contribution in [3.05, 3.63) is 47.4 Å². The summed E-state index contributed by atoms with van der Waals surface area (Å²) in [5.41, 5.74) is 4.11. The first kappa shape index (κ1) is 19.5. The number of amides is 1. The quantitative estimate of drug-likeness (QED) is 0.717. The first-order valence-electron chi connectivity index (χ1n) is 9.81. The second-order valence-electron chi connectivity index (χ2n) is 7.64. The average molecular weight is 394 g/mol. The molecule has 0 spiro atoms. The van der Waals surface area contributed by atoms with Gasteiger partial charge in [0.05, 0.1) is 12.0 Å². The first-order chi connectivity index (χ1) is 14.0. The van der Waals surface area contributed by atoms with E-state index in [1.165, 1.54) is 11.9 Å². The van der Waals surface area contributed by atoms with Gasteiger partial charge in [-0.25, -0.2) is 9.97 Å². The summed E-state index contributed by atoms with van der Waals surface area (Å²) in [4.78, 5) is 22.0. The lowest BCUT2D eigenvalue weighted by Crippen LogP contribution is -2.46. The molecule has 3 heterocycles. The van der Waals surface area contributed by atoms with Crippen molar-refractivity contribution >= 4 is 22.8 Å². The van der Waals surface area contributed by atoms with Crippen LogP contribution in [0, 0.1) is 20.8 Å². The molecule has 1 aliphatic heterocycles. The molecule has 1 unspecified atom stereocenters. The van der Waals surface area contributed by atoms with E-state index in [1.807, 2.05) is 6.92 Å². The van der Waals surface area contributed by atoms with Crippen molar-refractivity contribution in [2.45, 2.75) is 39.2 Å². The van der Waals surface area contributed by atoms with Gasteiger partial charge < -0.3 is 14.8 Å². The van der Waals surface area contributed by atoms with Crippen LogP contribution in [0.1, 0.15) is 29.7 Å². The van der Waals surface area contributed by atoms with Crippen LogP contribution in [0.2, 0.25) is 0 Å². The van der Waals surface area contributed by atoms with E-state index in [9.17, 15) is 4.79 Å². The van der Waals surface area contributed by atoms with Crippen molar-refractivity contribution in [1.29, 1.82) is 0 Å². The second-order valence-corrected chi connectivity index (χ2v) is 7.64. The lowest BCUT2D eigenvalue weighted by atomic mass is 10.00. The molecule has 0 radical (unpaired) electrons. The number of hydrogen-bond acceptors (Lipinski definition) is 5. The number of carbonyl (C=O) groups excluding carboxylic acids is 1. The minimum absolute atomic E-state index is 0.218. The van der Waals surface area contributed by atoms with E-state index in [0.717, 1.165) is 34.4 Å². The Bertz CT molecular complexity index is 1050. The highest BCUT2D eigenvalue weighted by molar-refractivity contribution is 6.04. The Morgan fingerprint density at radius 3 is 2.66 bits per heavy atom. The zero-order chi connectivity index (χ0) is 20.6. The average Bonchev–Trinajstić information content (AvgIpc) is 3.28. The third-order valence-electron chi connectivity index (χ3n) is 5.71. The number of nitrogens with zero attached hydrogens (tertiary/aromatic N) is 3. The van der Waals surface area contributed by atoms with Crippen molar-refractivity contribution in [1.82, 2.24) is 14.5 Å². The molecule has 0 aliphatic carbocycles. The predicted molar refractivity (Wildman–Crippen MR) is 111 cm³/mol. The van der Waals surface area contributed by atoms with Crippen molar-refractivity contribution in [3.8, 4) is 5.69 Å². The maximum atomic E-state index is 13.1. The Labute approximate surface area is 170 Å². The zero-order valence-electron chi connectivity index (χ0n) is 17.3. The summed E-state index contributed by atoms with van der Waals surface area (Å²) in [5, 5.41) is 3.82. The highest BCUT2D eigenvalue weighted by Crippen LogP contribution is 2.33. The normalized spacial score (nSPS) is 19.0. The number of anilines is 1. The number of hydrogen-bond donors (Lipinski definition) is 1. The molecule has 152 valence electrons. The van der Waals surface area contributed by atoms with Crippen LogP contribution in [-0.2, 0) is 14.3 Å². The Kier molecular flexibility index (Phi) is 5.10. The molecule has 7 heteroatoms. The van der Waals surface area contributed by atoms with Crippen LogP contribution in [0.4, 0.5) is 5.82 Å².